The Labute approximate surface area is 152 Å². The van der Waals surface area contributed by atoms with Crippen molar-refractivity contribution in [3.05, 3.63) is 58.7 Å². The zero-order valence-electron chi connectivity index (χ0n) is 15.2. The van der Waals surface area contributed by atoms with Crippen LogP contribution in [0.3, 0.4) is 0 Å². The Bertz CT molecular complexity index is 1060. The van der Waals surface area contributed by atoms with Crippen LogP contribution in [0.2, 0.25) is 0 Å². The van der Waals surface area contributed by atoms with E-state index in [0.29, 0.717) is 23.0 Å². The number of rotatable bonds is 5. The largest absolute Gasteiger partial charge is 0.323 e. The lowest BCUT2D eigenvalue weighted by Gasteiger charge is -2.08. The molecule has 26 heavy (non-hydrogen) atoms. The van der Waals surface area contributed by atoms with Crippen LogP contribution in [-0.4, -0.2) is 34.8 Å². The third-order valence-corrected chi connectivity index (χ3v) is 5.46. The van der Waals surface area contributed by atoms with Crippen molar-refractivity contribution in [2.45, 2.75) is 32.1 Å². The molecule has 0 saturated heterocycles. The van der Waals surface area contributed by atoms with Gasteiger partial charge in [-0.25, -0.2) is 18.4 Å². The summed E-state index contributed by atoms with van der Waals surface area (Å²) in [6, 6.07) is 7.16. The smallest absolute Gasteiger partial charge is 0.175 e. The van der Waals surface area contributed by atoms with Crippen molar-refractivity contribution in [2.24, 2.45) is 0 Å². The minimum Gasteiger partial charge on any atom is -0.323 e. The first-order valence-corrected chi connectivity index (χ1v) is 10.0. The van der Waals surface area contributed by atoms with Crippen LogP contribution in [0, 0.1) is 20.8 Å². The van der Waals surface area contributed by atoms with E-state index in [9.17, 15) is 8.42 Å². The first kappa shape index (κ1) is 18.1. The number of benzene rings is 1. The number of anilines is 2. The highest BCUT2D eigenvalue weighted by atomic mass is 32.2. The molecule has 0 radical (unpaired) electrons. The van der Waals surface area contributed by atoms with E-state index >= 15 is 0 Å². The number of nitrogens with zero attached hydrogens (tertiary/aromatic N) is 3. The van der Waals surface area contributed by atoms with Crippen molar-refractivity contribution in [1.29, 1.82) is 0 Å². The quantitative estimate of drug-likeness (QED) is 0.715. The fourth-order valence-corrected chi connectivity index (χ4v) is 3.64. The number of sulfone groups is 1. The van der Waals surface area contributed by atoms with Gasteiger partial charge in [-0.1, -0.05) is 12.1 Å². The second kappa shape index (κ2) is 6.87. The number of aryl methyl sites for hydroxylation is 2. The molecule has 3 rings (SSSR count). The standard InChI is InChI=1S/C18H21N5O2S/c1-11-5-6-14(9-15(11)26(4,24)25)10-17-19-8-7-16(20-17)21-18-12(2)13(3)22-23-18/h5-9H,10H2,1-4H3,(H2,19,20,21,22,23). The van der Waals surface area contributed by atoms with Gasteiger partial charge in [0.2, 0.25) is 0 Å². The van der Waals surface area contributed by atoms with Gasteiger partial charge in [0.25, 0.3) is 0 Å². The molecule has 0 aliphatic rings. The van der Waals surface area contributed by atoms with Crippen molar-refractivity contribution in [2.75, 3.05) is 11.6 Å². The summed E-state index contributed by atoms with van der Waals surface area (Å²) in [5.41, 5.74) is 3.60. The normalized spacial score (nSPS) is 11.5. The van der Waals surface area contributed by atoms with Crippen molar-refractivity contribution in [1.82, 2.24) is 20.2 Å². The zero-order chi connectivity index (χ0) is 18.9. The van der Waals surface area contributed by atoms with Gasteiger partial charge in [-0.2, -0.15) is 5.10 Å². The Balaban J connectivity index is 1.84. The molecule has 3 aromatic rings. The molecule has 136 valence electrons. The van der Waals surface area contributed by atoms with Crippen LogP contribution in [-0.2, 0) is 16.3 Å². The van der Waals surface area contributed by atoms with Crippen LogP contribution in [0.5, 0.6) is 0 Å². The van der Waals surface area contributed by atoms with E-state index in [-0.39, 0.29) is 0 Å². The fraction of sp³-hybridized carbons (Fsp3) is 0.278. The van der Waals surface area contributed by atoms with Crippen LogP contribution in [0.15, 0.2) is 35.4 Å². The lowest BCUT2D eigenvalue weighted by molar-refractivity contribution is 0.601. The van der Waals surface area contributed by atoms with Crippen molar-refractivity contribution in [3.63, 3.8) is 0 Å². The lowest BCUT2D eigenvalue weighted by atomic mass is 10.1. The highest BCUT2D eigenvalue weighted by Gasteiger charge is 2.13. The molecule has 0 aliphatic heterocycles. The molecule has 2 heterocycles. The molecule has 0 amide bonds. The summed E-state index contributed by atoms with van der Waals surface area (Å²) in [6.07, 6.45) is 3.33. The Hall–Kier alpha value is -2.74. The van der Waals surface area contributed by atoms with Crippen LogP contribution in [0.1, 0.15) is 28.2 Å². The molecule has 2 aromatic heterocycles. The molecule has 8 heteroatoms. The monoisotopic (exact) mass is 371 g/mol. The SMILES string of the molecule is Cc1ccc(Cc2nccc(Nc3n[nH]c(C)c3C)n2)cc1S(C)(=O)=O. The average Bonchev–Trinajstić information content (AvgIpc) is 2.88. The van der Waals surface area contributed by atoms with Crippen LogP contribution < -0.4 is 5.32 Å². The summed E-state index contributed by atoms with van der Waals surface area (Å²) >= 11 is 0. The van der Waals surface area contributed by atoms with Crippen LogP contribution >= 0.6 is 0 Å². The van der Waals surface area contributed by atoms with Gasteiger partial charge < -0.3 is 5.32 Å². The Morgan fingerprint density at radius 3 is 2.58 bits per heavy atom. The number of H-pyrrole nitrogens is 1. The molecule has 0 saturated carbocycles. The lowest BCUT2D eigenvalue weighted by Crippen LogP contribution is -2.04. The molecule has 0 bridgehead atoms. The molecule has 0 atom stereocenters. The minimum atomic E-state index is -3.26. The first-order valence-electron chi connectivity index (χ1n) is 8.14. The Morgan fingerprint density at radius 1 is 1.15 bits per heavy atom. The van der Waals surface area contributed by atoms with Gasteiger partial charge in [0, 0.05) is 30.1 Å². The summed E-state index contributed by atoms with van der Waals surface area (Å²) < 4.78 is 23.8. The van der Waals surface area contributed by atoms with Crippen molar-refractivity contribution < 1.29 is 8.42 Å². The maximum absolute atomic E-state index is 11.9. The molecule has 0 unspecified atom stereocenters. The summed E-state index contributed by atoms with van der Waals surface area (Å²) in [5, 5.41) is 10.3. The van der Waals surface area contributed by atoms with Gasteiger partial charge in [-0.15, -0.1) is 0 Å². The number of hydrogen-bond acceptors (Lipinski definition) is 6. The summed E-state index contributed by atoms with van der Waals surface area (Å²) in [5.74, 6) is 1.96. The number of hydrogen-bond donors (Lipinski definition) is 2. The van der Waals surface area contributed by atoms with Gasteiger partial charge in [0.1, 0.15) is 11.6 Å². The van der Waals surface area contributed by atoms with Gasteiger partial charge >= 0.3 is 0 Å². The molecule has 2 N–H and O–H groups in total. The topological polar surface area (TPSA) is 101 Å². The molecular weight excluding hydrogens is 350 g/mol. The fourth-order valence-electron chi connectivity index (χ4n) is 2.62. The predicted molar refractivity (Wildman–Crippen MR) is 100 cm³/mol. The maximum atomic E-state index is 11.9. The second-order valence-corrected chi connectivity index (χ2v) is 8.34. The number of aromatic nitrogens is 4. The Morgan fingerprint density at radius 2 is 1.92 bits per heavy atom. The third kappa shape index (κ3) is 3.91. The highest BCUT2D eigenvalue weighted by molar-refractivity contribution is 7.90. The van der Waals surface area contributed by atoms with E-state index in [4.69, 9.17) is 0 Å². The third-order valence-electron chi connectivity index (χ3n) is 4.22. The van der Waals surface area contributed by atoms with E-state index in [2.05, 4.69) is 25.5 Å². The Kier molecular flexibility index (Phi) is 4.78. The highest BCUT2D eigenvalue weighted by Crippen LogP contribution is 2.20. The van der Waals surface area contributed by atoms with E-state index in [1.165, 1.54) is 6.26 Å². The summed E-state index contributed by atoms with van der Waals surface area (Å²) in [4.78, 5) is 9.13. The molecule has 0 aliphatic carbocycles. The first-order chi connectivity index (χ1) is 12.2. The molecule has 7 nitrogen and oxygen atoms in total. The predicted octanol–water partition coefficient (Wildman–Crippen LogP) is 2.86. The van der Waals surface area contributed by atoms with E-state index < -0.39 is 9.84 Å². The number of aromatic amines is 1. The summed E-state index contributed by atoms with van der Waals surface area (Å²) in [7, 11) is -3.26. The van der Waals surface area contributed by atoms with Crippen LogP contribution in [0.25, 0.3) is 0 Å². The van der Waals surface area contributed by atoms with Crippen molar-refractivity contribution in [3.8, 4) is 0 Å². The van der Waals surface area contributed by atoms with E-state index in [1.54, 1.807) is 25.3 Å². The second-order valence-electron chi connectivity index (χ2n) is 6.35. The van der Waals surface area contributed by atoms with E-state index in [1.807, 2.05) is 26.0 Å². The molecular formula is C18H21N5O2S. The molecule has 1 aromatic carbocycles. The zero-order valence-corrected chi connectivity index (χ0v) is 16.0. The number of nitrogens with one attached hydrogen (secondary N) is 2. The molecule has 0 spiro atoms. The van der Waals surface area contributed by atoms with Gasteiger partial charge in [-0.3, -0.25) is 5.10 Å². The molecule has 0 fully saturated rings. The van der Waals surface area contributed by atoms with Crippen molar-refractivity contribution >= 4 is 21.5 Å². The summed E-state index contributed by atoms with van der Waals surface area (Å²) in [6.45, 7) is 5.72. The van der Waals surface area contributed by atoms with Gasteiger partial charge in [0.15, 0.2) is 15.7 Å². The average molecular weight is 371 g/mol. The van der Waals surface area contributed by atoms with Crippen LogP contribution in [0.4, 0.5) is 11.6 Å². The van der Waals surface area contributed by atoms with Gasteiger partial charge in [0.05, 0.1) is 4.90 Å². The maximum Gasteiger partial charge on any atom is 0.175 e. The van der Waals surface area contributed by atoms with E-state index in [0.717, 1.165) is 28.2 Å². The minimum absolute atomic E-state index is 0.340. The van der Waals surface area contributed by atoms with Gasteiger partial charge in [-0.05, 0) is 44.0 Å².